The van der Waals surface area contributed by atoms with Gasteiger partial charge in [-0.3, -0.25) is 19.3 Å². The van der Waals surface area contributed by atoms with Crippen LogP contribution in [0.5, 0.6) is 0 Å². The van der Waals surface area contributed by atoms with Gasteiger partial charge < -0.3 is 15.1 Å². The molecular weight excluding hydrogens is 436 g/mol. The monoisotopic (exact) mass is 464 g/mol. The summed E-state index contributed by atoms with van der Waals surface area (Å²) in [4.78, 5) is 43.0. The van der Waals surface area contributed by atoms with Crippen LogP contribution in [0.25, 0.3) is 0 Å². The molecule has 0 saturated carbocycles. The van der Waals surface area contributed by atoms with Crippen LogP contribution in [-0.4, -0.2) is 73.3 Å². The Labute approximate surface area is 180 Å². The molecule has 8 heteroatoms. The van der Waals surface area contributed by atoms with Crippen molar-refractivity contribution in [3.8, 4) is 0 Å². The predicted octanol–water partition coefficient (Wildman–Crippen LogP) is 1.78. The third-order valence-corrected chi connectivity index (χ3v) is 6.44. The highest BCUT2D eigenvalue weighted by atomic mass is 79.9. The molecule has 2 saturated heterocycles. The number of carbonyl (C=O) groups excluding carboxylic acids is 3. The first-order valence-electron chi connectivity index (χ1n) is 10.2. The van der Waals surface area contributed by atoms with Crippen LogP contribution in [0.15, 0.2) is 22.7 Å². The number of hydrogen-bond donors (Lipinski definition) is 1. The van der Waals surface area contributed by atoms with E-state index in [9.17, 15) is 14.4 Å². The fraction of sp³-hybridized carbons (Fsp3) is 0.571. The molecular formula is C21H29BrN4O3. The summed E-state index contributed by atoms with van der Waals surface area (Å²) in [6.07, 6.45) is 1.18. The van der Waals surface area contributed by atoms with Crippen molar-refractivity contribution < 1.29 is 14.4 Å². The second-order valence-corrected chi connectivity index (χ2v) is 8.64. The van der Waals surface area contributed by atoms with E-state index in [4.69, 9.17) is 0 Å². The van der Waals surface area contributed by atoms with Crippen LogP contribution in [0.1, 0.15) is 25.3 Å². The van der Waals surface area contributed by atoms with Crippen LogP contribution in [-0.2, 0) is 14.4 Å². The zero-order valence-electron chi connectivity index (χ0n) is 17.1. The highest BCUT2D eigenvalue weighted by Crippen LogP contribution is 2.29. The molecule has 0 aliphatic carbocycles. The van der Waals surface area contributed by atoms with Gasteiger partial charge in [0.2, 0.25) is 17.7 Å². The van der Waals surface area contributed by atoms with Gasteiger partial charge in [0.05, 0.1) is 12.5 Å². The molecule has 0 spiro atoms. The standard InChI is InChI=1S/C21H29BrN4O3/c1-3-6-23-19(27)14-24-7-9-25(10-8-24)21(29)16-12-20(28)26(13-16)17-4-5-18(22)15(2)11-17/h4-5,11,16H,3,6-10,12-14H2,1-2H3,(H,23,27). The van der Waals surface area contributed by atoms with E-state index < -0.39 is 0 Å². The maximum absolute atomic E-state index is 13.0. The first-order valence-corrected chi connectivity index (χ1v) is 11.0. The van der Waals surface area contributed by atoms with Crippen molar-refractivity contribution in [2.45, 2.75) is 26.7 Å². The normalized spacial score (nSPS) is 20.2. The Hall–Kier alpha value is -1.93. The van der Waals surface area contributed by atoms with Gasteiger partial charge in [0.15, 0.2) is 0 Å². The Morgan fingerprint density at radius 2 is 1.93 bits per heavy atom. The number of anilines is 1. The largest absolute Gasteiger partial charge is 0.355 e. The molecule has 1 N–H and O–H groups in total. The second kappa shape index (κ2) is 9.71. The Morgan fingerprint density at radius 3 is 2.59 bits per heavy atom. The molecule has 2 aliphatic rings. The fourth-order valence-corrected chi connectivity index (χ4v) is 4.07. The number of benzene rings is 1. The predicted molar refractivity (Wildman–Crippen MR) is 116 cm³/mol. The van der Waals surface area contributed by atoms with Crippen LogP contribution in [0, 0.1) is 12.8 Å². The molecule has 1 unspecified atom stereocenters. The summed E-state index contributed by atoms with van der Waals surface area (Å²) in [5, 5.41) is 2.88. The van der Waals surface area contributed by atoms with Gasteiger partial charge in [-0.05, 0) is 37.1 Å². The van der Waals surface area contributed by atoms with Gasteiger partial charge in [-0.1, -0.05) is 22.9 Å². The van der Waals surface area contributed by atoms with Crippen molar-refractivity contribution in [1.82, 2.24) is 15.1 Å². The molecule has 0 radical (unpaired) electrons. The van der Waals surface area contributed by atoms with E-state index >= 15 is 0 Å². The summed E-state index contributed by atoms with van der Waals surface area (Å²) in [5.74, 6) is -0.222. The van der Waals surface area contributed by atoms with E-state index in [1.165, 1.54) is 0 Å². The summed E-state index contributed by atoms with van der Waals surface area (Å²) >= 11 is 3.48. The van der Waals surface area contributed by atoms with Gasteiger partial charge in [-0.15, -0.1) is 0 Å². The number of aryl methyl sites for hydroxylation is 1. The lowest BCUT2D eigenvalue weighted by Gasteiger charge is -2.35. The van der Waals surface area contributed by atoms with Crippen LogP contribution >= 0.6 is 15.9 Å². The summed E-state index contributed by atoms with van der Waals surface area (Å²) in [7, 11) is 0. The molecule has 158 valence electrons. The van der Waals surface area contributed by atoms with Crippen molar-refractivity contribution in [1.29, 1.82) is 0 Å². The van der Waals surface area contributed by atoms with Crippen LogP contribution in [0.4, 0.5) is 5.69 Å². The minimum Gasteiger partial charge on any atom is -0.355 e. The summed E-state index contributed by atoms with van der Waals surface area (Å²) in [6.45, 7) is 8.07. The lowest BCUT2D eigenvalue weighted by atomic mass is 10.1. The Bertz CT molecular complexity index is 777. The van der Waals surface area contributed by atoms with E-state index in [2.05, 4.69) is 26.1 Å². The van der Waals surface area contributed by atoms with Gasteiger partial charge in [0.1, 0.15) is 0 Å². The van der Waals surface area contributed by atoms with Crippen molar-refractivity contribution in [2.24, 2.45) is 5.92 Å². The molecule has 2 aliphatic heterocycles. The fourth-order valence-electron chi connectivity index (χ4n) is 3.83. The van der Waals surface area contributed by atoms with E-state index in [1.807, 2.05) is 36.9 Å². The lowest BCUT2D eigenvalue weighted by molar-refractivity contribution is -0.137. The number of amides is 3. The van der Waals surface area contributed by atoms with Gasteiger partial charge in [-0.2, -0.15) is 0 Å². The number of piperazine rings is 1. The molecule has 3 amide bonds. The molecule has 2 fully saturated rings. The Morgan fingerprint density at radius 1 is 1.21 bits per heavy atom. The minimum absolute atomic E-state index is 0.00342. The first-order chi connectivity index (χ1) is 13.9. The van der Waals surface area contributed by atoms with E-state index in [1.54, 1.807) is 4.90 Å². The molecule has 1 aromatic rings. The Kier molecular flexibility index (Phi) is 7.29. The molecule has 7 nitrogen and oxygen atoms in total. The van der Waals surface area contributed by atoms with Crippen LogP contribution in [0.3, 0.4) is 0 Å². The maximum Gasteiger partial charge on any atom is 0.234 e. The lowest BCUT2D eigenvalue weighted by Crippen LogP contribution is -2.52. The zero-order valence-corrected chi connectivity index (χ0v) is 18.7. The summed E-state index contributed by atoms with van der Waals surface area (Å²) in [5.41, 5.74) is 1.90. The SMILES string of the molecule is CCCNC(=O)CN1CCN(C(=O)C2CC(=O)N(c3ccc(Br)c(C)c3)C2)CC1. The highest BCUT2D eigenvalue weighted by Gasteiger charge is 2.38. The zero-order chi connectivity index (χ0) is 21.0. The summed E-state index contributed by atoms with van der Waals surface area (Å²) in [6, 6.07) is 5.81. The molecule has 3 rings (SSSR count). The number of nitrogens with one attached hydrogen (secondary N) is 1. The number of rotatable bonds is 6. The van der Waals surface area contributed by atoms with Crippen LogP contribution in [0.2, 0.25) is 0 Å². The Balaban J connectivity index is 1.52. The second-order valence-electron chi connectivity index (χ2n) is 7.79. The molecule has 1 aromatic carbocycles. The molecule has 29 heavy (non-hydrogen) atoms. The molecule has 2 heterocycles. The van der Waals surface area contributed by atoms with Gasteiger partial charge in [0, 0.05) is 55.8 Å². The van der Waals surface area contributed by atoms with Crippen LogP contribution < -0.4 is 10.2 Å². The summed E-state index contributed by atoms with van der Waals surface area (Å²) < 4.78 is 1.00. The molecule has 0 aromatic heterocycles. The number of carbonyl (C=O) groups is 3. The smallest absolute Gasteiger partial charge is 0.234 e. The average molecular weight is 465 g/mol. The van der Waals surface area contributed by atoms with Gasteiger partial charge in [0.25, 0.3) is 0 Å². The highest BCUT2D eigenvalue weighted by molar-refractivity contribution is 9.10. The van der Waals surface area contributed by atoms with E-state index in [-0.39, 0.29) is 30.1 Å². The van der Waals surface area contributed by atoms with Gasteiger partial charge >= 0.3 is 0 Å². The van der Waals surface area contributed by atoms with Crippen molar-refractivity contribution >= 4 is 39.3 Å². The number of nitrogens with zero attached hydrogens (tertiary/aromatic N) is 3. The van der Waals surface area contributed by atoms with E-state index in [0.29, 0.717) is 45.8 Å². The van der Waals surface area contributed by atoms with E-state index in [0.717, 1.165) is 22.1 Å². The average Bonchev–Trinajstić information content (AvgIpc) is 3.10. The third-order valence-electron chi connectivity index (χ3n) is 5.55. The topological polar surface area (TPSA) is 73.0 Å². The molecule has 1 atom stereocenters. The third kappa shape index (κ3) is 5.36. The number of hydrogen-bond acceptors (Lipinski definition) is 4. The number of halogens is 1. The van der Waals surface area contributed by atoms with Crippen molar-refractivity contribution in [3.05, 3.63) is 28.2 Å². The van der Waals surface area contributed by atoms with Crippen molar-refractivity contribution in [2.75, 3.05) is 50.7 Å². The first kappa shape index (κ1) is 21.8. The van der Waals surface area contributed by atoms with Crippen molar-refractivity contribution in [3.63, 3.8) is 0 Å². The minimum atomic E-state index is -0.300. The van der Waals surface area contributed by atoms with Gasteiger partial charge in [-0.25, -0.2) is 0 Å². The quantitative estimate of drug-likeness (QED) is 0.696. The molecule has 0 bridgehead atoms. The maximum atomic E-state index is 13.0.